The highest BCUT2D eigenvalue weighted by Gasteiger charge is 2.34. The number of furan rings is 1. The van der Waals surface area contributed by atoms with E-state index in [0.29, 0.717) is 42.9 Å². The normalized spacial score (nSPS) is 14.6. The molecule has 1 aliphatic heterocycles. The molecule has 0 spiro atoms. The van der Waals surface area contributed by atoms with Gasteiger partial charge in [0, 0.05) is 26.2 Å². The van der Waals surface area contributed by atoms with Crippen LogP contribution in [0.3, 0.4) is 0 Å². The van der Waals surface area contributed by atoms with Crippen LogP contribution in [0.15, 0.2) is 33.5 Å². The van der Waals surface area contributed by atoms with Crippen molar-refractivity contribution in [2.45, 2.75) is 19.6 Å². The largest absolute Gasteiger partial charge is 0.480 e. The molecular formula is C20H20ClF3N6O3. The number of halogens is 4. The van der Waals surface area contributed by atoms with E-state index in [1.807, 2.05) is 4.90 Å². The molecule has 1 aliphatic rings. The summed E-state index contributed by atoms with van der Waals surface area (Å²) in [5.41, 5.74) is -0.617. The quantitative estimate of drug-likeness (QED) is 0.546. The third kappa shape index (κ3) is 4.90. The lowest BCUT2D eigenvalue weighted by Gasteiger charge is -2.35. The van der Waals surface area contributed by atoms with Crippen LogP contribution in [0.1, 0.15) is 17.3 Å². The highest BCUT2D eigenvalue weighted by atomic mass is 35.5. The molecule has 1 saturated heterocycles. The molecule has 3 aromatic heterocycles. The predicted octanol–water partition coefficient (Wildman–Crippen LogP) is 2.99. The summed E-state index contributed by atoms with van der Waals surface area (Å²) in [6.07, 6.45) is -4.59. The van der Waals surface area contributed by atoms with Gasteiger partial charge in [-0.25, -0.2) is 4.79 Å². The van der Waals surface area contributed by atoms with E-state index < -0.39 is 17.6 Å². The molecule has 0 bridgehead atoms. The van der Waals surface area contributed by atoms with Gasteiger partial charge >= 0.3 is 11.9 Å². The summed E-state index contributed by atoms with van der Waals surface area (Å²) in [5, 5.41) is 0.425. The Morgan fingerprint density at radius 3 is 2.36 bits per heavy atom. The van der Waals surface area contributed by atoms with E-state index in [9.17, 15) is 18.0 Å². The van der Waals surface area contributed by atoms with E-state index in [1.165, 1.54) is 17.7 Å². The zero-order chi connectivity index (χ0) is 23.8. The summed E-state index contributed by atoms with van der Waals surface area (Å²) < 4.78 is 49.4. The minimum Gasteiger partial charge on any atom is -0.480 e. The first-order chi connectivity index (χ1) is 15.7. The number of piperazine rings is 1. The number of anilines is 2. The highest BCUT2D eigenvalue weighted by Crippen LogP contribution is 2.31. The molecule has 9 nitrogen and oxygen atoms in total. The number of alkyl halides is 3. The summed E-state index contributed by atoms with van der Waals surface area (Å²) in [6, 6.07) is 5.54. The molecule has 0 amide bonds. The smallest absolute Gasteiger partial charge is 0.449 e. The maximum atomic E-state index is 12.7. The number of methoxy groups -OCH3 is 1. The molecule has 0 saturated carbocycles. The molecule has 0 radical (unpaired) electrons. The van der Waals surface area contributed by atoms with Crippen LogP contribution in [0.2, 0.25) is 5.02 Å². The van der Waals surface area contributed by atoms with Gasteiger partial charge in [0.2, 0.25) is 17.6 Å². The van der Waals surface area contributed by atoms with Gasteiger partial charge in [0.15, 0.2) is 0 Å². The average molecular weight is 485 g/mol. The zero-order valence-corrected chi connectivity index (χ0v) is 18.5. The van der Waals surface area contributed by atoms with E-state index >= 15 is 0 Å². The molecule has 13 heteroatoms. The Morgan fingerprint density at radius 2 is 1.76 bits per heavy atom. The van der Waals surface area contributed by atoms with Crippen molar-refractivity contribution >= 4 is 23.4 Å². The number of rotatable bonds is 5. The first kappa shape index (κ1) is 22.9. The van der Waals surface area contributed by atoms with Gasteiger partial charge in [-0.1, -0.05) is 11.6 Å². The van der Waals surface area contributed by atoms with Crippen LogP contribution in [0, 0.1) is 6.92 Å². The van der Waals surface area contributed by atoms with Gasteiger partial charge in [0.05, 0.1) is 13.7 Å². The van der Waals surface area contributed by atoms with Crippen LogP contribution in [0.25, 0.3) is 0 Å². The monoisotopic (exact) mass is 484 g/mol. The fraction of sp³-hybridized carbons (Fsp3) is 0.400. The van der Waals surface area contributed by atoms with Gasteiger partial charge in [-0.15, -0.1) is 0 Å². The Bertz CT molecular complexity index is 1200. The standard InChI is InChI=1S/C20H20ClF3N6O3/c1-12-25-18(27-19(31)30(12)11-13-3-5-15(33-13)20(22,23)24)29-9-7-28(8-10-29)16-6-4-14(21)17(26-16)32-2/h3-6H,7-11H2,1-2H3. The van der Waals surface area contributed by atoms with E-state index in [2.05, 4.69) is 19.9 Å². The van der Waals surface area contributed by atoms with Gasteiger partial charge in [-0.3, -0.25) is 4.57 Å². The second kappa shape index (κ2) is 8.93. The molecular weight excluding hydrogens is 465 g/mol. The van der Waals surface area contributed by atoms with Crippen molar-refractivity contribution in [1.82, 2.24) is 19.5 Å². The number of hydrogen-bond acceptors (Lipinski definition) is 8. The lowest BCUT2D eigenvalue weighted by atomic mass is 10.3. The second-order valence-corrected chi connectivity index (χ2v) is 7.75. The van der Waals surface area contributed by atoms with Gasteiger partial charge in [0.1, 0.15) is 22.4 Å². The Kier molecular flexibility index (Phi) is 6.19. The molecule has 4 heterocycles. The highest BCUT2D eigenvalue weighted by molar-refractivity contribution is 6.31. The molecule has 0 unspecified atom stereocenters. The van der Waals surface area contributed by atoms with Crippen LogP contribution in [-0.2, 0) is 12.7 Å². The van der Waals surface area contributed by atoms with E-state index in [-0.39, 0.29) is 18.3 Å². The SMILES string of the molecule is COc1nc(N2CCN(c3nc(C)n(Cc4ccc(C(F)(F)F)o4)c(=O)n3)CC2)ccc1Cl. The minimum atomic E-state index is -4.59. The van der Waals surface area contributed by atoms with Gasteiger partial charge < -0.3 is 19.0 Å². The summed E-state index contributed by atoms with van der Waals surface area (Å²) in [7, 11) is 1.50. The fourth-order valence-electron chi connectivity index (χ4n) is 3.48. The summed E-state index contributed by atoms with van der Waals surface area (Å²) in [4.78, 5) is 29.3. The van der Waals surface area contributed by atoms with Gasteiger partial charge in [-0.05, 0) is 31.2 Å². The maximum Gasteiger partial charge on any atom is 0.449 e. The fourth-order valence-corrected chi connectivity index (χ4v) is 3.66. The topological polar surface area (TPSA) is 89.5 Å². The number of nitrogens with zero attached hydrogens (tertiary/aromatic N) is 6. The first-order valence-corrected chi connectivity index (χ1v) is 10.4. The molecule has 33 heavy (non-hydrogen) atoms. The second-order valence-electron chi connectivity index (χ2n) is 7.34. The summed E-state index contributed by atoms with van der Waals surface area (Å²) in [5.74, 6) is 0.528. The lowest BCUT2D eigenvalue weighted by Crippen LogP contribution is -2.48. The molecule has 0 aromatic carbocycles. The number of aromatic nitrogens is 4. The van der Waals surface area contributed by atoms with Crippen molar-refractivity contribution in [3.05, 3.63) is 57.1 Å². The predicted molar refractivity (Wildman–Crippen MR) is 114 cm³/mol. The van der Waals surface area contributed by atoms with Crippen molar-refractivity contribution in [3.63, 3.8) is 0 Å². The van der Waals surface area contributed by atoms with E-state index in [0.717, 1.165) is 11.9 Å². The van der Waals surface area contributed by atoms with E-state index in [4.69, 9.17) is 20.8 Å². The van der Waals surface area contributed by atoms with Crippen molar-refractivity contribution in [3.8, 4) is 5.88 Å². The Balaban J connectivity index is 1.45. The Morgan fingerprint density at radius 1 is 1.06 bits per heavy atom. The van der Waals surface area contributed by atoms with Crippen LogP contribution < -0.4 is 20.2 Å². The third-order valence-electron chi connectivity index (χ3n) is 5.21. The van der Waals surface area contributed by atoms with Crippen molar-refractivity contribution < 1.29 is 22.3 Å². The van der Waals surface area contributed by atoms with Crippen LogP contribution in [-0.4, -0.2) is 52.8 Å². The number of ether oxygens (including phenoxy) is 1. The van der Waals surface area contributed by atoms with Crippen LogP contribution >= 0.6 is 11.6 Å². The van der Waals surface area contributed by atoms with Crippen molar-refractivity contribution in [2.75, 3.05) is 43.1 Å². The molecule has 3 aromatic rings. The molecule has 0 N–H and O–H groups in total. The van der Waals surface area contributed by atoms with Gasteiger partial charge in [0.25, 0.3) is 0 Å². The number of pyridine rings is 1. The van der Waals surface area contributed by atoms with Crippen molar-refractivity contribution in [1.29, 1.82) is 0 Å². The molecule has 176 valence electrons. The van der Waals surface area contributed by atoms with Crippen molar-refractivity contribution in [2.24, 2.45) is 0 Å². The summed E-state index contributed by atoms with van der Waals surface area (Å²) in [6.45, 7) is 3.70. The molecule has 1 fully saturated rings. The van der Waals surface area contributed by atoms with Gasteiger partial charge in [-0.2, -0.15) is 28.1 Å². The minimum absolute atomic E-state index is 0.0108. The molecule has 4 rings (SSSR count). The Labute approximate surface area is 191 Å². The third-order valence-corrected chi connectivity index (χ3v) is 5.50. The average Bonchev–Trinajstić information content (AvgIpc) is 3.26. The molecule has 0 aliphatic carbocycles. The number of hydrogen-bond donors (Lipinski definition) is 0. The van der Waals surface area contributed by atoms with Crippen LogP contribution in [0.5, 0.6) is 5.88 Å². The lowest BCUT2D eigenvalue weighted by molar-refractivity contribution is -0.153. The van der Waals surface area contributed by atoms with Crippen LogP contribution in [0.4, 0.5) is 24.9 Å². The number of aryl methyl sites for hydroxylation is 1. The maximum absolute atomic E-state index is 12.7. The Hall–Kier alpha value is -3.28. The van der Waals surface area contributed by atoms with E-state index in [1.54, 1.807) is 19.1 Å². The summed E-state index contributed by atoms with van der Waals surface area (Å²) >= 11 is 6.03. The first-order valence-electron chi connectivity index (χ1n) is 9.97. The zero-order valence-electron chi connectivity index (χ0n) is 17.8. The molecule has 0 atom stereocenters.